The third-order valence-corrected chi connectivity index (χ3v) is 2.72. The number of rotatable bonds is 6. The van der Waals surface area contributed by atoms with Crippen LogP contribution in [0.5, 0.6) is 0 Å². The number of anilines is 1. The molecule has 2 rings (SSSR count). The summed E-state index contributed by atoms with van der Waals surface area (Å²) < 4.78 is 5.20. The first kappa shape index (κ1) is 13.3. The molecule has 19 heavy (non-hydrogen) atoms. The Bertz CT molecular complexity index is 506. The lowest BCUT2D eigenvalue weighted by molar-refractivity contribution is -0.116. The van der Waals surface area contributed by atoms with Crippen LogP contribution in [-0.2, 0) is 4.79 Å². The van der Waals surface area contributed by atoms with Crippen molar-refractivity contribution in [3.63, 3.8) is 0 Å². The minimum atomic E-state index is 0.0302. The molecular weight excluding hydrogens is 242 g/mol. The highest BCUT2D eigenvalue weighted by Gasteiger charge is 2.04. The number of carbonyl (C=O) groups excluding carboxylic acids is 1. The molecule has 1 amide bonds. The molecule has 0 fully saturated rings. The summed E-state index contributed by atoms with van der Waals surface area (Å²) in [6, 6.07) is 7.50. The molecule has 1 aromatic heterocycles. The van der Waals surface area contributed by atoms with Crippen molar-refractivity contribution in [2.75, 3.05) is 18.9 Å². The smallest absolute Gasteiger partial charge is 0.224 e. The zero-order chi connectivity index (χ0) is 13.5. The Morgan fingerprint density at radius 2 is 2.11 bits per heavy atom. The molecule has 1 heterocycles. The van der Waals surface area contributed by atoms with Gasteiger partial charge in [0.15, 0.2) is 12.2 Å². The largest absolute Gasteiger partial charge is 0.444 e. The van der Waals surface area contributed by atoms with Crippen LogP contribution in [0.4, 0.5) is 5.69 Å². The van der Waals surface area contributed by atoms with Crippen molar-refractivity contribution in [3.8, 4) is 11.3 Å². The minimum absolute atomic E-state index is 0.0302. The van der Waals surface area contributed by atoms with Crippen LogP contribution in [0.15, 0.2) is 41.3 Å². The van der Waals surface area contributed by atoms with Crippen LogP contribution in [0, 0.1) is 0 Å². The maximum atomic E-state index is 11.6. The van der Waals surface area contributed by atoms with Crippen LogP contribution < -0.4 is 10.6 Å². The van der Waals surface area contributed by atoms with Gasteiger partial charge in [-0.05, 0) is 44.3 Å². The Kier molecular flexibility index (Phi) is 4.69. The van der Waals surface area contributed by atoms with E-state index in [1.54, 1.807) is 6.20 Å². The average molecular weight is 259 g/mol. The normalized spacial score (nSPS) is 10.4. The second kappa shape index (κ2) is 6.70. The molecule has 0 saturated carbocycles. The standard InChI is InChI=1S/C14H17N3O2/c1-15-8-2-3-14(18)17-12-6-4-11(5-7-12)13-9-16-10-19-13/h4-7,9-10,15H,2-3,8H2,1H3,(H,17,18). The van der Waals surface area contributed by atoms with E-state index in [2.05, 4.69) is 15.6 Å². The number of carbonyl (C=O) groups is 1. The molecule has 0 aliphatic carbocycles. The van der Waals surface area contributed by atoms with Gasteiger partial charge in [0.05, 0.1) is 6.20 Å². The molecule has 0 atom stereocenters. The molecule has 5 nitrogen and oxygen atoms in total. The van der Waals surface area contributed by atoms with Crippen molar-refractivity contribution in [2.45, 2.75) is 12.8 Å². The number of amides is 1. The second-order valence-corrected chi connectivity index (χ2v) is 4.20. The number of hydrogen-bond donors (Lipinski definition) is 2. The zero-order valence-electron chi connectivity index (χ0n) is 10.8. The maximum absolute atomic E-state index is 11.6. The van der Waals surface area contributed by atoms with Crippen molar-refractivity contribution >= 4 is 11.6 Å². The van der Waals surface area contributed by atoms with Crippen LogP contribution in [0.1, 0.15) is 12.8 Å². The number of nitrogens with one attached hydrogen (secondary N) is 2. The van der Waals surface area contributed by atoms with E-state index in [0.717, 1.165) is 24.2 Å². The van der Waals surface area contributed by atoms with E-state index >= 15 is 0 Å². The van der Waals surface area contributed by atoms with Gasteiger partial charge in [0.25, 0.3) is 0 Å². The van der Waals surface area contributed by atoms with Crippen LogP contribution in [-0.4, -0.2) is 24.5 Å². The highest BCUT2D eigenvalue weighted by molar-refractivity contribution is 5.90. The first-order valence-corrected chi connectivity index (χ1v) is 6.23. The molecule has 0 aliphatic rings. The zero-order valence-corrected chi connectivity index (χ0v) is 10.8. The summed E-state index contributed by atoms with van der Waals surface area (Å²) in [4.78, 5) is 15.5. The highest BCUT2D eigenvalue weighted by Crippen LogP contribution is 2.20. The van der Waals surface area contributed by atoms with Gasteiger partial charge in [-0.25, -0.2) is 4.98 Å². The van der Waals surface area contributed by atoms with Gasteiger partial charge >= 0.3 is 0 Å². The number of hydrogen-bond acceptors (Lipinski definition) is 4. The van der Waals surface area contributed by atoms with E-state index in [4.69, 9.17) is 4.42 Å². The molecule has 0 unspecified atom stereocenters. The fourth-order valence-electron chi connectivity index (χ4n) is 1.73. The maximum Gasteiger partial charge on any atom is 0.224 e. The first-order valence-electron chi connectivity index (χ1n) is 6.23. The Labute approximate surface area is 112 Å². The number of aromatic nitrogens is 1. The van der Waals surface area contributed by atoms with Gasteiger partial charge in [-0.1, -0.05) is 0 Å². The summed E-state index contributed by atoms with van der Waals surface area (Å²) in [7, 11) is 1.88. The molecule has 1 aromatic carbocycles. The van der Waals surface area contributed by atoms with Crippen molar-refractivity contribution in [1.29, 1.82) is 0 Å². The number of oxazole rings is 1. The molecule has 2 aromatic rings. The first-order chi connectivity index (χ1) is 9.29. The number of benzene rings is 1. The van der Waals surface area contributed by atoms with Gasteiger partial charge in [-0.15, -0.1) is 0 Å². The third kappa shape index (κ3) is 3.93. The fourth-order valence-corrected chi connectivity index (χ4v) is 1.73. The summed E-state index contributed by atoms with van der Waals surface area (Å²) in [6.45, 7) is 0.845. The summed E-state index contributed by atoms with van der Waals surface area (Å²) >= 11 is 0. The molecule has 2 N–H and O–H groups in total. The predicted octanol–water partition coefficient (Wildman–Crippen LogP) is 2.28. The Morgan fingerprint density at radius 1 is 1.32 bits per heavy atom. The molecule has 0 radical (unpaired) electrons. The van der Waals surface area contributed by atoms with Crippen molar-refractivity contribution in [3.05, 3.63) is 36.9 Å². The van der Waals surface area contributed by atoms with Gasteiger partial charge in [0.1, 0.15) is 0 Å². The topological polar surface area (TPSA) is 67.2 Å². The quantitative estimate of drug-likeness (QED) is 0.781. The Balaban J connectivity index is 1.90. The van der Waals surface area contributed by atoms with Crippen molar-refractivity contribution in [1.82, 2.24) is 10.3 Å². The molecule has 0 bridgehead atoms. The van der Waals surface area contributed by atoms with E-state index < -0.39 is 0 Å². The van der Waals surface area contributed by atoms with Gasteiger partial charge < -0.3 is 15.1 Å². The van der Waals surface area contributed by atoms with Crippen LogP contribution in [0.2, 0.25) is 0 Å². The van der Waals surface area contributed by atoms with Crippen molar-refractivity contribution < 1.29 is 9.21 Å². The fraction of sp³-hybridized carbons (Fsp3) is 0.286. The van der Waals surface area contributed by atoms with E-state index in [1.165, 1.54) is 6.39 Å². The average Bonchev–Trinajstić information content (AvgIpc) is 2.94. The van der Waals surface area contributed by atoms with E-state index in [-0.39, 0.29) is 5.91 Å². The van der Waals surface area contributed by atoms with E-state index in [0.29, 0.717) is 12.2 Å². The lowest BCUT2D eigenvalue weighted by Crippen LogP contribution is -2.15. The van der Waals surface area contributed by atoms with Crippen LogP contribution in [0.3, 0.4) is 0 Å². The second-order valence-electron chi connectivity index (χ2n) is 4.20. The summed E-state index contributed by atoms with van der Waals surface area (Å²) in [5, 5.41) is 5.87. The molecular formula is C14H17N3O2. The monoisotopic (exact) mass is 259 g/mol. The molecule has 100 valence electrons. The van der Waals surface area contributed by atoms with E-state index in [9.17, 15) is 4.79 Å². The lowest BCUT2D eigenvalue weighted by atomic mass is 10.1. The summed E-state index contributed by atoms with van der Waals surface area (Å²) in [5.41, 5.74) is 1.73. The van der Waals surface area contributed by atoms with E-state index in [1.807, 2.05) is 31.3 Å². The molecule has 0 saturated heterocycles. The third-order valence-electron chi connectivity index (χ3n) is 2.72. The van der Waals surface area contributed by atoms with Gasteiger partial charge in [0.2, 0.25) is 5.91 Å². The summed E-state index contributed by atoms with van der Waals surface area (Å²) in [6.07, 6.45) is 4.40. The van der Waals surface area contributed by atoms with Crippen molar-refractivity contribution in [2.24, 2.45) is 0 Å². The molecule has 5 heteroatoms. The highest BCUT2D eigenvalue weighted by atomic mass is 16.3. The Morgan fingerprint density at radius 3 is 2.74 bits per heavy atom. The van der Waals surface area contributed by atoms with Gasteiger partial charge in [-0.3, -0.25) is 4.79 Å². The van der Waals surface area contributed by atoms with Gasteiger partial charge in [0, 0.05) is 17.7 Å². The summed E-state index contributed by atoms with van der Waals surface area (Å²) in [5.74, 6) is 0.745. The van der Waals surface area contributed by atoms with Crippen LogP contribution in [0.25, 0.3) is 11.3 Å². The van der Waals surface area contributed by atoms with Crippen LogP contribution >= 0.6 is 0 Å². The minimum Gasteiger partial charge on any atom is -0.444 e. The lowest BCUT2D eigenvalue weighted by Gasteiger charge is -2.05. The molecule has 0 aliphatic heterocycles. The number of nitrogens with zero attached hydrogens (tertiary/aromatic N) is 1. The molecule has 0 spiro atoms. The SMILES string of the molecule is CNCCCC(=O)Nc1ccc(-c2cnco2)cc1. The van der Waals surface area contributed by atoms with Gasteiger partial charge in [-0.2, -0.15) is 0 Å². The Hall–Kier alpha value is -2.14. The predicted molar refractivity (Wildman–Crippen MR) is 73.7 cm³/mol.